The third kappa shape index (κ3) is 5.49. The Morgan fingerprint density at radius 3 is 2.63 bits per heavy atom. The molecule has 0 unspecified atom stereocenters. The molecule has 0 aliphatic rings. The van der Waals surface area contributed by atoms with Crippen LogP contribution in [0, 0.1) is 0 Å². The van der Waals surface area contributed by atoms with Gasteiger partial charge in [0.25, 0.3) is 5.56 Å². The van der Waals surface area contributed by atoms with Gasteiger partial charge in [0, 0.05) is 7.11 Å². The molecule has 7 heteroatoms. The highest BCUT2D eigenvalue weighted by atomic mass is 32.2. The number of ether oxygens (including phenoxy) is 1. The first-order valence-corrected chi connectivity index (χ1v) is 11.1. The van der Waals surface area contributed by atoms with Gasteiger partial charge in [-0.05, 0) is 24.1 Å². The van der Waals surface area contributed by atoms with Gasteiger partial charge in [0.1, 0.15) is 0 Å². The predicted molar refractivity (Wildman–Crippen MR) is 121 cm³/mol. The molecule has 0 aliphatic heterocycles. The minimum atomic E-state index is -0.117. The predicted octanol–water partition coefficient (Wildman–Crippen LogP) is 3.79. The number of para-hydroxylation sites is 1. The van der Waals surface area contributed by atoms with Crippen molar-refractivity contribution in [1.82, 2.24) is 14.9 Å². The van der Waals surface area contributed by atoms with Crippen LogP contribution in [-0.4, -0.2) is 34.9 Å². The van der Waals surface area contributed by atoms with Crippen LogP contribution in [0.1, 0.15) is 31.4 Å². The van der Waals surface area contributed by atoms with Crippen molar-refractivity contribution < 1.29 is 9.53 Å². The second-order valence-corrected chi connectivity index (χ2v) is 7.91. The Hall–Kier alpha value is -2.64. The Morgan fingerprint density at radius 1 is 1.17 bits per heavy atom. The number of hydrogen-bond donors (Lipinski definition) is 1. The van der Waals surface area contributed by atoms with Crippen LogP contribution in [0.15, 0.2) is 64.5 Å². The Labute approximate surface area is 180 Å². The highest BCUT2D eigenvalue weighted by Gasteiger charge is 2.16. The number of rotatable bonds is 10. The summed E-state index contributed by atoms with van der Waals surface area (Å²) in [5.41, 5.74) is 1.61. The van der Waals surface area contributed by atoms with Gasteiger partial charge < -0.3 is 10.1 Å². The van der Waals surface area contributed by atoms with E-state index in [1.54, 1.807) is 17.7 Å². The fraction of sp³-hybridized carbons (Fsp3) is 0.348. The van der Waals surface area contributed by atoms with E-state index in [1.165, 1.54) is 11.8 Å². The third-order valence-corrected chi connectivity index (χ3v) is 5.77. The second-order valence-electron chi connectivity index (χ2n) is 6.97. The van der Waals surface area contributed by atoms with Gasteiger partial charge in [-0.2, -0.15) is 0 Å². The number of fused-ring (bicyclic) bond motifs is 1. The van der Waals surface area contributed by atoms with Gasteiger partial charge in [-0.15, -0.1) is 0 Å². The summed E-state index contributed by atoms with van der Waals surface area (Å²) >= 11 is 1.27. The fourth-order valence-corrected chi connectivity index (χ4v) is 4.14. The van der Waals surface area contributed by atoms with Crippen molar-refractivity contribution in [2.24, 2.45) is 0 Å². The van der Waals surface area contributed by atoms with Crippen molar-refractivity contribution in [2.45, 2.75) is 37.5 Å². The topological polar surface area (TPSA) is 73.2 Å². The van der Waals surface area contributed by atoms with E-state index in [0.29, 0.717) is 29.2 Å². The van der Waals surface area contributed by atoms with Gasteiger partial charge in [-0.3, -0.25) is 14.2 Å². The van der Waals surface area contributed by atoms with Crippen LogP contribution in [-0.2, 0) is 16.1 Å². The molecule has 0 spiro atoms. The molecule has 3 aromatic rings. The number of nitrogens with one attached hydrogen (secondary N) is 1. The molecule has 0 aliphatic carbocycles. The smallest absolute Gasteiger partial charge is 0.262 e. The maximum atomic E-state index is 12.9. The zero-order valence-corrected chi connectivity index (χ0v) is 18.2. The van der Waals surface area contributed by atoms with E-state index in [0.717, 1.165) is 18.4 Å². The molecule has 0 fully saturated rings. The van der Waals surface area contributed by atoms with Crippen LogP contribution < -0.4 is 10.9 Å². The first kappa shape index (κ1) is 22.1. The van der Waals surface area contributed by atoms with Crippen LogP contribution in [0.4, 0.5) is 0 Å². The Morgan fingerprint density at radius 2 is 1.90 bits per heavy atom. The normalized spacial score (nSPS) is 12.1. The first-order chi connectivity index (χ1) is 14.6. The molecule has 1 heterocycles. The molecule has 6 nitrogen and oxygen atoms in total. The number of nitrogens with zero attached hydrogens (tertiary/aromatic N) is 2. The molecule has 30 heavy (non-hydrogen) atoms. The van der Waals surface area contributed by atoms with Crippen LogP contribution in [0.3, 0.4) is 0 Å². The van der Waals surface area contributed by atoms with Gasteiger partial charge in [0.15, 0.2) is 5.16 Å². The van der Waals surface area contributed by atoms with Gasteiger partial charge >= 0.3 is 0 Å². The summed E-state index contributed by atoms with van der Waals surface area (Å²) in [5, 5.41) is 4.21. The standard InChI is InChI=1S/C23H27N3O3S/c1-3-9-19(17-10-5-4-6-11-17)24-21(27)16-30-23-25-20-13-8-7-12-18(20)22(28)26(23)14-15-29-2/h4-8,10-13,19H,3,9,14-16H2,1-2H3,(H,24,27)/t19-/m0/s1. The lowest BCUT2D eigenvalue weighted by Crippen LogP contribution is -2.30. The van der Waals surface area contributed by atoms with E-state index in [2.05, 4.69) is 17.2 Å². The summed E-state index contributed by atoms with van der Waals surface area (Å²) in [7, 11) is 1.59. The van der Waals surface area contributed by atoms with Gasteiger partial charge in [-0.25, -0.2) is 4.98 Å². The Bertz CT molecular complexity index is 1040. The minimum Gasteiger partial charge on any atom is -0.383 e. The highest BCUT2D eigenvalue weighted by Crippen LogP contribution is 2.21. The molecule has 158 valence electrons. The Kier molecular flexibility index (Phi) is 8.04. The maximum Gasteiger partial charge on any atom is 0.262 e. The van der Waals surface area contributed by atoms with E-state index in [4.69, 9.17) is 4.74 Å². The molecular formula is C23H27N3O3S. The number of hydrogen-bond acceptors (Lipinski definition) is 5. The largest absolute Gasteiger partial charge is 0.383 e. The van der Waals surface area contributed by atoms with E-state index in [1.807, 2.05) is 48.5 Å². The lowest BCUT2D eigenvalue weighted by atomic mass is 10.0. The highest BCUT2D eigenvalue weighted by molar-refractivity contribution is 7.99. The zero-order valence-electron chi connectivity index (χ0n) is 17.3. The monoisotopic (exact) mass is 425 g/mol. The summed E-state index contributed by atoms with van der Waals surface area (Å²) in [6, 6.07) is 17.2. The van der Waals surface area contributed by atoms with E-state index in [-0.39, 0.29) is 23.3 Å². The minimum absolute atomic E-state index is 0.0236. The van der Waals surface area contributed by atoms with Crippen LogP contribution in [0.5, 0.6) is 0 Å². The molecule has 0 saturated heterocycles. The zero-order chi connectivity index (χ0) is 21.3. The average Bonchev–Trinajstić information content (AvgIpc) is 2.77. The average molecular weight is 426 g/mol. The van der Waals surface area contributed by atoms with E-state index >= 15 is 0 Å². The molecular weight excluding hydrogens is 398 g/mol. The lowest BCUT2D eigenvalue weighted by molar-refractivity contribution is -0.119. The number of thioether (sulfide) groups is 1. The number of amides is 1. The molecule has 0 radical (unpaired) electrons. The number of carbonyl (C=O) groups excluding carboxylic acids is 1. The third-order valence-electron chi connectivity index (χ3n) is 4.79. The van der Waals surface area contributed by atoms with Crippen LogP contribution >= 0.6 is 11.8 Å². The Balaban J connectivity index is 1.76. The van der Waals surface area contributed by atoms with Gasteiger partial charge in [0.2, 0.25) is 5.91 Å². The molecule has 1 aromatic heterocycles. The van der Waals surface area contributed by atoms with Gasteiger partial charge in [0.05, 0.1) is 35.8 Å². The molecule has 0 saturated carbocycles. The summed E-state index contributed by atoms with van der Waals surface area (Å²) in [6.45, 7) is 2.89. The molecule has 1 atom stereocenters. The quantitative estimate of drug-likeness (QED) is 0.395. The molecule has 2 aromatic carbocycles. The van der Waals surface area contributed by atoms with Crippen molar-refractivity contribution in [2.75, 3.05) is 19.5 Å². The van der Waals surface area contributed by atoms with Crippen molar-refractivity contribution in [3.8, 4) is 0 Å². The van der Waals surface area contributed by atoms with Crippen molar-refractivity contribution in [3.05, 3.63) is 70.5 Å². The van der Waals surface area contributed by atoms with Crippen molar-refractivity contribution in [3.63, 3.8) is 0 Å². The van der Waals surface area contributed by atoms with Crippen LogP contribution in [0.25, 0.3) is 10.9 Å². The molecule has 3 rings (SSSR count). The second kappa shape index (κ2) is 10.9. The summed E-state index contributed by atoms with van der Waals surface area (Å²) in [5.74, 6) is 0.105. The molecule has 1 amide bonds. The fourth-order valence-electron chi connectivity index (χ4n) is 3.30. The molecule has 1 N–H and O–H groups in total. The molecule has 0 bridgehead atoms. The van der Waals surface area contributed by atoms with Crippen molar-refractivity contribution >= 4 is 28.6 Å². The summed E-state index contributed by atoms with van der Waals surface area (Å²) < 4.78 is 6.73. The van der Waals surface area contributed by atoms with E-state index in [9.17, 15) is 9.59 Å². The number of carbonyl (C=O) groups is 1. The summed E-state index contributed by atoms with van der Waals surface area (Å²) in [6.07, 6.45) is 1.84. The van der Waals surface area contributed by atoms with E-state index < -0.39 is 0 Å². The summed E-state index contributed by atoms with van der Waals surface area (Å²) in [4.78, 5) is 30.2. The van der Waals surface area contributed by atoms with Crippen molar-refractivity contribution in [1.29, 1.82) is 0 Å². The lowest BCUT2D eigenvalue weighted by Gasteiger charge is -2.19. The van der Waals surface area contributed by atoms with Gasteiger partial charge in [-0.1, -0.05) is 67.6 Å². The number of benzene rings is 2. The van der Waals surface area contributed by atoms with Crippen LogP contribution in [0.2, 0.25) is 0 Å². The first-order valence-electron chi connectivity index (χ1n) is 10.1. The maximum absolute atomic E-state index is 12.9. The number of methoxy groups -OCH3 is 1. The SMILES string of the molecule is CCC[C@H](NC(=O)CSc1nc2ccccc2c(=O)n1CCOC)c1ccccc1. The number of aromatic nitrogens is 2.